The first-order valence-electron chi connectivity index (χ1n) is 2.06. The van der Waals surface area contributed by atoms with Gasteiger partial charge in [0.15, 0.2) is 0 Å². The number of rotatable bonds is 2. The summed E-state index contributed by atoms with van der Waals surface area (Å²) in [4.78, 5) is 0. The van der Waals surface area contributed by atoms with E-state index in [0.29, 0.717) is 0 Å². The lowest BCUT2D eigenvalue weighted by atomic mass is 11.8. The minimum absolute atomic E-state index is 0.158. The van der Waals surface area contributed by atoms with Gasteiger partial charge in [0, 0.05) is 0 Å². The summed E-state index contributed by atoms with van der Waals surface area (Å²) in [6, 6.07) is 0. The first-order chi connectivity index (χ1) is 3.13. The summed E-state index contributed by atoms with van der Waals surface area (Å²) in [6.45, 7) is 4.39. The molecular weight excluding hydrogens is 165 g/mol. The molecule has 0 nitrogen and oxygen atoms in total. The largest absolute Gasteiger partial charge is 0.523 e. The molecule has 0 atom stereocenters. The number of halogens is 2. The predicted molar refractivity (Wildman–Crippen MR) is 41.1 cm³/mol. The van der Waals surface area contributed by atoms with Crippen molar-refractivity contribution in [3.8, 4) is 0 Å². The molecule has 0 aliphatic carbocycles. The summed E-state index contributed by atoms with van der Waals surface area (Å²) in [7, 11) is 11.3. The van der Waals surface area contributed by atoms with E-state index in [2.05, 4.69) is 13.3 Å². The maximum Gasteiger partial charge on any atom is 0.523 e. The van der Waals surface area contributed by atoms with Crippen molar-refractivity contribution in [1.82, 2.24) is 0 Å². The average molecular weight is 173 g/mol. The Labute approximate surface area is 58.7 Å². The lowest BCUT2D eigenvalue weighted by Crippen LogP contribution is -1.97. The molecule has 0 aromatic heterocycles. The zero-order valence-electron chi connectivity index (χ0n) is 4.49. The zero-order chi connectivity index (χ0) is 5.86. The van der Waals surface area contributed by atoms with E-state index in [4.69, 9.17) is 20.1 Å². The fourth-order valence-corrected chi connectivity index (χ4v) is 7.45. The lowest BCUT2D eigenvalue weighted by Gasteiger charge is -1.98. The predicted octanol–water partition coefficient (Wildman–Crippen LogP) is 2.23. The van der Waals surface area contributed by atoms with Crippen molar-refractivity contribution in [1.29, 1.82) is 0 Å². The summed E-state index contributed by atoms with van der Waals surface area (Å²) in [5.41, 5.74) is 0. The van der Waals surface area contributed by atoms with Crippen LogP contribution in [0.15, 0.2) is 0 Å². The summed E-state index contributed by atoms with van der Waals surface area (Å²) >= 11 is -1.26. The number of hydrogen-bond acceptors (Lipinski definition) is 0. The molecule has 0 N–H and O–H groups in total. The van der Waals surface area contributed by atoms with Crippen molar-refractivity contribution >= 4 is 40.3 Å². The average Bonchev–Trinajstić information content (AvgIpc) is 1.27. The highest BCUT2D eigenvalue weighted by atomic mass is 35.7. The van der Waals surface area contributed by atoms with Crippen molar-refractivity contribution in [2.24, 2.45) is 0 Å². The van der Waals surface area contributed by atoms with Crippen LogP contribution in [0, 0.1) is 0 Å². The normalized spacial score (nSPS) is 9.86. The van der Waals surface area contributed by atoms with Gasteiger partial charge in [-0.1, -0.05) is 0 Å². The van der Waals surface area contributed by atoms with Gasteiger partial charge in [0.05, 0.1) is 0 Å². The molecule has 0 fully saturated rings. The van der Waals surface area contributed by atoms with Gasteiger partial charge in [0.2, 0.25) is 0 Å². The molecule has 0 aromatic rings. The molecule has 0 aliphatic rings. The Morgan fingerprint density at radius 1 is 1.43 bits per heavy atom. The SMILES string of the molecule is CP(C)[CH2][Al]([Cl])[Cl]. The fraction of sp³-hybridized carbons (Fsp3) is 1.00. The second-order valence-electron chi connectivity index (χ2n) is 1.65. The summed E-state index contributed by atoms with van der Waals surface area (Å²) in [5, 5.41) is 1.10. The third kappa shape index (κ3) is 7.54. The molecule has 7 heavy (non-hydrogen) atoms. The molecule has 0 rings (SSSR count). The van der Waals surface area contributed by atoms with Gasteiger partial charge < -0.3 is 0 Å². The van der Waals surface area contributed by atoms with Gasteiger partial charge in [-0.3, -0.25) is 0 Å². The Kier molecular flexibility index (Phi) is 5.40. The van der Waals surface area contributed by atoms with Crippen molar-refractivity contribution in [2.45, 2.75) is 0 Å². The van der Waals surface area contributed by atoms with Crippen molar-refractivity contribution < 1.29 is 0 Å². The van der Waals surface area contributed by atoms with Crippen molar-refractivity contribution in [3.63, 3.8) is 0 Å². The van der Waals surface area contributed by atoms with Gasteiger partial charge in [-0.15, -0.1) is 7.92 Å². The highest BCUT2D eigenvalue weighted by Gasteiger charge is 2.11. The van der Waals surface area contributed by atoms with Gasteiger partial charge in [-0.2, -0.15) is 0 Å². The van der Waals surface area contributed by atoms with E-state index < -0.39 is 12.3 Å². The summed E-state index contributed by atoms with van der Waals surface area (Å²) in [5.74, 6) is 0. The van der Waals surface area contributed by atoms with Gasteiger partial charge in [-0.25, -0.2) is 20.1 Å². The van der Waals surface area contributed by atoms with Crippen LogP contribution in [0.5, 0.6) is 0 Å². The highest BCUT2D eigenvalue weighted by molar-refractivity contribution is 7.62. The first-order valence-corrected chi connectivity index (χ1v) is 8.78. The van der Waals surface area contributed by atoms with Crippen LogP contribution in [0.2, 0.25) is 0 Å². The van der Waals surface area contributed by atoms with Crippen LogP contribution < -0.4 is 0 Å². The van der Waals surface area contributed by atoms with Crippen molar-refractivity contribution in [2.75, 3.05) is 18.4 Å². The van der Waals surface area contributed by atoms with Gasteiger partial charge >= 0.3 is 12.3 Å². The van der Waals surface area contributed by atoms with E-state index in [0.717, 1.165) is 5.02 Å². The van der Waals surface area contributed by atoms with Crippen LogP contribution >= 0.6 is 28.0 Å². The maximum atomic E-state index is 5.59. The Morgan fingerprint density at radius 3 is 1.86 bits per heavy atom. The molecule has 0 unspecified atom stereocenters. The van der Waals surface area contributed by atoms with E-state index in [-0.39, 0.29) is 7.92 Å². The quantitative estimate of drug-likeness (QED) is 0.443. The second-order valence-corrected chi connectivity index (χ2v) is 9.89. The molecule has 0 saturated heterocycles. The van der Waals surface area contributed by atoms with Crippen LogP contribution in [0.4, 0.5) is 0 Å². The van der Waals surface area contributed by atoms with E-state index in [9.17, 15) is 0 Å². The molecule has 0 aromatic carbocycles. The minimum Gasteiger partial charge on any atom is -0.233 e. The third-order valence-corrected chi connectivity index (χ3v) is 7.01. The van der Waals surface area contributed by atoms with Crippen LogP contribution in [0.3, 0.4) is 0 Å². The Balaban J connectivity index is 2.95. The molecule has 42 valence electrons. The molecule has 0 bridgehead atoms. The molecule has 0 amide bonds. The molecule has 0 aliphatic heterocycles. The smallest absolute Gasteiger partial charge is 0.233 e. The Bertz CT molecular complexity index is 42.2. The second kappa shape index (κ2) is 4.42. The van der Waals surface area contributed by atoms with Crippen LogP contribution in [-0.2, 0) is 0 Å². The topological polar surface area (TPSA) is 0 Å². The van der Waals surface area contributed by atoms with Crippen LogP contribution in [0.1, 0.15) is 0 Å². The molecule has 0 spiro atoms. The molecule has 0 saturated carbocycles. The van der Waals surface area contributed by atoms with E-state index in [1.165, 1.54) is 0 Å². The molecular formula is C3H8AlCl2P. The lowest BCUT2D eigenvalue weighted by molar-refractivity contribution is 2.00. The molecule has 0 heterocycles. The van der Waals surface area contributed by atoms with E-state index in [1.54, 1.807) is 0 Å². The number of hydrogen-bond donors (Lipinski definition) is 0. The molecule has 4 heteroatoms. The van der Waals surface area contributed by atoms with Crippen LogP contribution in [-0.4, -0.2) is 30.7 Å². The van der Waals surface area contributed by atoms with Gasteiger partial charge in [-0.05, 0) is 18.4 Å². The third-order valence-electron chi connectivity index (χ3n) is 0.503. The van der Waals surface area contributed by atoms with Gasteiger partial charge in [0.25, 0.3) is 0 Å². The van der Waals surface area contributed by atoms with E-state index in [1.807, 2.05) is 0 Å². The van der Waals surface area contributed by atoms with Crippen molar-refractivity contribution in [3.05, 3.63) is 0 Å². The highest BCUT2D eigenvalue weighted by Crippen LogP contribution is 2.26. The fourth-order valence-electron chi connectivity index (χ4n) is 0.276. The maximum absolute atomic E-state index is 5.59. The van der Waals surface area contributed by atoms with Gasteiger partial charge in [0.1, 0.15) is 0 Å². The Hall–Kier alpha value is 1.54. The Morgan fingerprint density at radius 2 is 1.86 bits per heavy atom. The minimum atomic E-state index is -1.26. The standard InChI is InChI=1S/C3H8P.Al.2ClH/c1-4(2)3;;;/h1H2,2-3H3;;2*1H/q;+2;;/p-2. The van der Waals surface area contributed by atoms with E-state index >= 15 is 0 Å². The monoisotopic (exact) mass is 172 g/mol. The van der Waals surface area contributed by atoms with Crippen LogP contribution in [0.25, 0.3) is 0 Å². The summed E-state index contributed by atoms with van der Waals surface area (Å²) < 4.78 is 0. The molecule has 0 radical (unpaired) electrons. The summed E-state index contributed by atoms with van der Waals surface area (Å²) in [6.07, 6.45) is 0. The first kappa shape index (κ1) is 8.54. The zero-order valence-corrected chi connectivity index (χ0v) is 8.05.